The van der Waals surface area contributed by atoms with E-state index in [9.17, 15) is 9.59 Å². The quantitative estimate of drug-likeness (QED) is 0.744. The molecule has 0 aromatic heterocycles. The summed E-state index contributed by atoms with van der Waals surface area (Å²) in [5.74, 6) is -1.07. The summed E-state index contributed by atoms with van der Waals surface area (Å²) in [7, 11) is 2.45. The summed E-state index contributed by atoms with van der Waals surface area (Å²) in [6.45, 7) is 0. The minimum atomic E-state index is -1.10. The van der Waals surface area contributed by atoms with Crippen molar-refractivity contribution in [2.75, 3.05) is 14.2 Å². The molecule has 0 fully saturated rings. The van der Waals surface area contributed by atoms with E-state index >= 15 is 0 Å². The fourth-order valence-corrected chi connectivity index (χ4v) is 1.72. The van der Waals surface area contributed by atoms with Crippen LogP contribution in [-0.4, -0.2) is 44.2 Å². The molecule has 0 amide bonds. The van der Waals surface area contributed by atoms with Gasteiger partial charge in [0.25, 0.3) is 0 Å². The standard InChI is InChI=1S/C13H13NO5/c1-17-12(15)9-10(13(16)18-2)19-11(14-9)8-6-4-3-5-7-8/h3-7,9-10H,1-2H3/t9-,10-/m0/s1. The summed E-state index contributed by atoms with van der Waals surface area (Å²) in [4.78, 5) is 27.3. The fraction of sp³-hybridized carbons (Fsp3) is 0.308. The molecule has 0 N–H and O–H groups in total. The summed E-state index contributed by atoms with van der Waals surface area (Å²) in [6, 6.07) is 7.96. The Kier molecular flexibility index (Phi) is 3.79. The van der Waals surface area contributed by atoms with Crippen LogP contribution in [0.25, 0.3) is 0 Å². The topological polar surface area (TPSA) is 74.2 Å². The Morgan fingerprint density at radius 3 is 2.32 bits per heavy atom. The first kappa shape index (κ1) is 13.1. The highest BCUT2D eigenvalue weighted by Gasteiger charge is 2.43. The van der Waals surface area contributed by atoms with Gasteiger partial charge in [0.2, 0.25) is 12.0 Å². The number of methoxy groups -OCH3 is 2. The predicted molar refractivity (Wildman–Crippen MR) is 65.7 cm³/mol. The second-order valence-corrected chi connectivity index (χ2v) is 3.83. The molecule has 1 heterocycles. The third kappa shape index (κ3) is 2.57. The van der Waals surface area contributed by atoms with Gasteiger partial charge < -0.3 is 14.2 Å². The summed E-state index contributed by atoms with van der Waals surface area (Å²) in [6.07, 6.45) is -1.10. The molecule has 100 valence electrons. The third-order valence-electron chi connectivity index (χ3n) is 2.68. The molecule has 0 unspecified atom stereocenters. The molecular weight excluding hydrogens is 250 g/mol. The number of hydrogen-bond donors (Lipinski definition) is 0. The molecule has 6 nitrogen and oxygen atoms in total. The van der Waals surface area contributed by atoms with Crippen molar-refractivity contribution in [3.8, 4) is 0 Å². The Morgan fingerprint density at radius 1 is 1.11 bits per heavy atom. The van der Waals surface area contributed by atoms with Gasteiger partial charge in [-0.2, -0.15) is 0 Å². The normalized spacial score (nSPS) is 21.3. The maximum absolute atomic E-state index is 11.6. The van der Waals surface area contributed by atoms with Crippen molar-refractivity contribution in [3.63, 3.8) is 0 Å². The van der Waals surface area contributed by atoms with Crippen LogP contribution < -0.4 is 0 Å². The summed E-state index contributed by atoms with van der Waals surface area (Å²) in [5.41, 5.74) is 0.683. The van der Waals surface area contributed by atoms with Crippen LogP contribution in [0.2, 0.25) is 0 Å². The number of benzene rings is 1. The highest BCUT2D eigenvalue weighted by molar-refractivity contribution is 6.01. The predicted octanol–water partition coefficient (Wildman–Crippen LogP) is 0.547. The first-order chi connectivity index (χ1) is 9.17. The van der Waals surface area contributed by atoms with Gasteiger partial charge in [-0.05, 0) is 12.1 Å². The zero-order chi connectivity index (χ0) is 13.8. The average molecular weight is 263 g/mol. The van der Waals surface area contributed by atoms with Crippen LogP contribution >= 0.6 is 0 Å². The van der Waals surface area contributed by atoms with Crippen LogP contribution in [0.4, 0.5) is 0 Å². The molecule has 1 aromatic rings. The van der Waals surface area contributed by atoms with Gasteiger partial charge in [-0.1, -0.05) is 18.2 Å². The molecule has 0 spiro atoms. The summed E-state index contributed by atoms with van der Waals surface area (Å²) in [5, 5.41) is 0. The molecular formula is C13H13NO5. The number of carbonyl (C=O) groups is 2. The number of aliphatic imine (C=N–C) groups is 1. The van der Waals surface area contributed by atoms with Crippen LogP contribution in [0.3, 0.4) is 0 Å². The Hall–Kier alpha value is -2.37. The van der Waals surface area contributed by atoms with Gasteiger partial charge in [0.1, 0.15) is 0 Å². The lowest BCUT2D eigenvalue weighted by Crippen LogP contribution is -2.38. The molecule has 0 saturated heterocycles. The monoisotopic (exact) mass is 263 g/mol. The molecule has 0 radical (unpaired) electrons. The van der Waals surface area contributed by atoms with E-state index in [0.29, 0.717) is 5.56 Å². The number of rotatable bonds is 3. The maximum atomic E-state index is 11.6. The highest BCUT2D eigenvalue weighted by atomic mass is 16.6. The zero-order valence-electron chi connectivity index (χ0n) is 10.5. The molecule has 19 heavy (non-hydrogen) atoms. The van der Waals surface area contributed by atoms with Gasteiger partial charge >= 0.3 is 11.9 Å². The minimum absolute atomic E-state index is 0.228. The van der Waals surface area contributed by atoms with E-state index in [4.69, 9.17) is 4.74 Å². The van der Waals surface area contributed by atoms with Gasteiger partial charge in [-0.25, -0.2) is 14.6 Å². The van der Waals surface area contributed by atoms with Crippen LogP contribution in [0.5, 0.6) is 0 Å². The lowest BCUT2D eigenvalue weighted by Gasteiger charge is -2.13. The molecule has 1 aliphatic rings. The van der Waals surface area contributed by atoms with Gasteiger partial charge in [0.15, 0.2) is 6.04 Å². The highest BCUT2D eigenvalue weighted by Crippen LogP contribution is 2.20. The lowest BCUT2D eigenvalue weighted by molar-refractivity contribution is -0.156. The minimum Gasteiger partial charge on any atom is -0.467 e. The summed E-state index contributed by atoms with van der Waals surface area (Å²) < 4.78 is 14.6. The van der Waals surface area contributed by atoms with Crippen molar-refractivity contribution in [1.29, 1.82) is 0 Å². The average Bonchev–Trinajstić information content (AvgIpc) is 2.91. The fourth-order valence-electron chi connectivity index (χ4n) is 1.72. The van der Waals surface area contributed by atoms with E-state index in [1.807, 2.05) is 6.07 Å². The second-order valence-electron chi connectivity index (χ2n) is 3.83. The van der Waals surface area contributed by atoms with E-state index in [-0.39, 0.29) is 5.90 Å². The first-order valence-corrected chi connectivity index (χ1v) is 5.63. The first-order valence-electron chi connectivity index (χ1n) is 5.63. The van der Waals surface area contributed by atoms with Gasteiger partial charge in [-0.3, -0.25) is 0 Å². The third-order valence-corrected chi connectivity index (χ3v) is 2.68. The van der Waals surface area contributed by atoms with E-state index in [2.05, 4.69) is 14.5 Å². The summed E-state index contributed by atoms with van der Waals surface area (Å²) >= 11 is 0. The Labute approximate surface area is 110 Å². The van der Waals surface area contributed by atoms with Gasteiger partial charge in [-0.15, -0.1) is 0 Å². The van der Waals surface area contributed by atoms with Crippen LogP contribution in [0, 0.1) is 0 Å². The number of nitrogens with zero attached hydrogens (tertiary/aromatic N) is 1. The molecule has 0 bridgehead atoms. The molecule has 0 saturated carbocycles. The van der Waals surface area contributed by atoms with Crippen molar-refractivity contribution in [2.45, 2.75) is 12.1 Å². The van der Waals surface area contributed by atoms with Gasteiger partial charge in [0, 0.05) is 5.56 Å². The van der Waals surface area contributed by atoms with Crippen LogP contribution in [0.1, 0.15) is 5.56 Å². The van der Waals surface area contributed by atoms with Crippen LogP contribution in [-0.2, 0) is 23.8 Å². The van der Waals surface area contributed by atoms with Crippen molar-refractivity contribution >= 4 is 17.8 Å². The van der Waals surface area contributed by atoms with Gasteiger partial charge in [0.05, 0.1) is 14.2 Å². The molecule has 1 aliphatic heterocycles. The Bertz CT molecular complexity index is 511. The van der Waals surface area contributed by atoms with E-state index in [0.717, 1.165) is 0 Å². The number of hydrogen-bond acceptors (Lipinski definition) is 6. The molecule has 6 heteroatoms. The van der Waals surface area contributed by atoms with Crippen molar-refractivity contribution in [3.05, 3.63) is 35.9 Å². The number of carbonyl (C=O) groups excluding carboxylic acids is 2. The zero-order valence-corrected chi connectivity index (χ0v) is 10.5. The molecule has 1 aromatic carbocycles. The maximum Gasteiger partial charge on any atom is 0.350 e. The molecule has 2 rings (SSSR count). The number of ether oxygens (including phenoxy) is 3. The van der Waals surface area contributed by atoms with Crippen molar-refractivity contribution in [1.82, 2.24) is 0 Å². The molecule has 0 aliphatic carbocycles. The van der Waals surface area contributed by atoms with Crippen molar-refractivity contribution in [2.24, 2.45) is 4.99 Å². The smallest absolute Gasteiger partial charge is 0.350 e. The Morgan fingerprint density at radius 2 is 1.74 bits per heavy atom. The van der Waals surface area contributed by atoms with E-state index in [1.54, 1.807) is 24.3 Å². The van der Waals surface area contributed by atoms with Crippen LogP contribution in [0.15, 0.2) is 35.3 Å². The second kappa shape index (κ2) is 5.51. The lowest BCUT2D eigenvalue weighted by atomic mass is 10.2. The van der Waals surface area contributed by atoms with E-state index < -0.39 is 24.1 Å². The Balaban J connectivity index is 2.29. The number of esters is 2. The largest absolute Gasteiger partial charge is 0.467 e. The van der Waals surface area contributed by atoms with Crippen molar-refractivity contribution < 1.29 is 23.8 Å². The molecule has 2 atom stereocenters. The SMILES string of the molecule is COC(=O)[C@H]1N=C(c2ccccc2)O[C@@H]1C(=O)OC. The van der Waals surface area contributed by atoms with E-state index in [1.165, 1.54) is 14.2 Å².